The molecule has 0 amide bonds. The van der Waals surface area contributed by atoms with Crippen molar-refractivity contribution in [3.8, 4) is 0 Å². The molecule has 0 N–H and O–H groups in total. The van der Waals surface area contributed by atoms with E-state index in [1.807, 2.05) is 18.3 Å². The number of halogens is 1. The molecule has 0 saturated carbocycles. The largest absolute Gasteiger partial charge is 0.333 e. The lowest BCUT2D eigenvalue weighted by Gasteiger charge is -2.29. The molecule has 22 heavy (non-hydrogen) atoms. The van der Waals surface area contributed by atoms with Crippen molar-refractivity contribution in [1.82, 2.24) is 14.5 Å². The summed E-state index contributed by atoms with van der Waals surface area (Å²) in [6.45, 7) is 7.45. The molecule has 0 radical (unpaired) electrons. The Hall–Kier alpha value is -1.68. The number of aromatic nitrogens is 2. The first-order chi connectivity index (χ1) is 10.6. The zero-order chi connectivity index (χ0) is 15.5. The molecule has 0 unspecified atom stereocenters. The zero-order valence-electron chi connectivity index (χ0n) is 13.4. The second kappa shape index (κ2) is 6.61. The van der Waals surface area contributed by atoms with E-state index in [1.54, 1.807) is 12.1 Å². The van der Waals surface area contributed by atoms with Crippen molar-refractivity contribution in [2.24, 2.45) is 0 Å². The maximum Gasteiger partial charge on any atom is 0.123 e. The number of likely N-dealkylation sites (tertiary alicyclic amines) is 1. The summed E-state index contributed by atoms with van der Waals surface area (Å²) >= 11 is 0. The molecule has 1 atom stereocenters. The van der Waals surface area contributed by atoms with Gasteiger partial charge in [0.1, 0.15) is 11.6 Å². The third kappa shape index (κ3) is 3.22. The van der Waals surface area contributed by atoms with Gasteiger partial charge in [0.05, 0.1) is 6.04 Å². The molecule has 1 fully saturated rings. The van der Waals surface area contributed by atoms with Crippen LogP contribution in [0.15, 0.2) is 36.7 Å². The van der Waals surface area contributed by atoms with Gasteiger partial charge < -0.3 is 4.57 Å². The normalized spacial score (nSPS) is 17.3. The molecule has 2 heterocycles. The van der Waals surface area contributed by atoms with Crippen molar-refractivity contribution in [2.75, 3.05) is 13.1 Å². The third-order valence-electron chi connectivity index (χ3n) is 4.47. The molecular formula is C18H24FN3. The number of imidazole rings is 1. The van der Waals surface area contributed by atoms with Crippen LogP contribution in [0.25, 0.3) is 0 Å². The number of rotatable bonds is 5. The van der Waals surface area contributed by atoms with Gasteiger partial charge in [-0.15, -0.1) is 0 Å². The highest BCUT2D eigenvalue weighted by Gasteiger charge is 2.24. The number of nitrogens with zero attached hydrogens (tertiary/aromatic N) is 3. The number of hydrogen-bond acceptors (Lipinski definition) is 2. The smallest absolute Gasteiger partial charge is 0.123 e. The topological polar surface area (TPSA) is 21.1 Å². The second-order valence-electron chi connectivity index (χ2n) is 6.40. The Labute approximate surface area is 131 Å². The predicted octanol–water partition coefficient (Wildman–Crippen LogP) is 3.98. The molecule has 3 rings (SSSR count). The lowest BCUT2D eigenvalue weighted by molar-refractivity contribution is 0.219. The Kier molecular flexibility index (Phi) is 4.57. The van der Waals surface area contributed by atoms with E-state index in [1.165, 1.54) is 18.4 Å². The van der Waals surface area contributed by atoms with E-state index in [0.717, 1.165) is 25.5 Å². The van der Waals surface area contributed by atoms with Crippen LogP contribution in [0.2, 0.25) is 0 Å². The first-order valence-electron chi connectivity index (χ1n) is 8.15. The molecule has 1 saturated heterocycles. The van der Waals surface area contributed by atoms with Crippen molar-refractivity contribution < 1.29 is 4.39 Å². The van der Waals surface area contributed by atoms with Crippen LogP contribution in [-0.2, 0) is 6.54 Å². The average Bonchev–Trinajstić information content (AvgIpc) is 3.17. The van der Waals surface area contributed by atoms with Gasteiger partial charge in [0.15, 0.2) is 0 Å². The molecule has 1 aliphatic heterocycles. The van der Waals surface area contributed by atoms with Crippen LogP contribution in [-0.4, -0.2) is 27.5 Å². The molecule has 1 aromatic carbocycles. The molecule has 118 valence electrons. The van der Waals surface area contributed by atoms with Crippen LogP contribution < -0.4 is 0 Å². The van der Waals surface area contributed by atoms with Crippen LogP contribution in [0.3, 0.4) is 0 Å². The standard InChI is InChI=1S/C18H24FN3/c1-14(2)18-20-9-12-22(18)13-17(21-10-3-4-11-21)15-5-7-16(19)8-6-15/h5-9,12,14,17H,3-4,10-11,13H2,1-2H3/t17-/m0/s1. The van der Waals surface area contributed by atoms with E-state index in [4.69, 9.17) is 0 Å². The molecule has 2 aromatic rings. The van der Waals surface area contributed by atoms with Crippen molar-refractivity contribution in [2.45, 2.75) is 45.2 Å². The van der Waals surface area contributed by atoms with Gasteiger partial charge in [0, 0.05) is 24.9 Å². The highest BCUT2D eigenvalue weighted by atomic mass is 19.1. The van der Waals surface area contributed by atoms with Gasteiger partial charge in [0.25, 0.3) is 0 Å². The molecule has 0 bridgehead atoms. The van der Waals surface area contributed by atoms with E-state index in [2.05, 4.69) is 34.5 Å². The van der Waals surface area contributed by atoms with Gasteiger partial charge in [-0.2, -0.15) is 0 Å². The summed E-state index contributed by atoms with van der Waals surface area (Å²) in [6, 6.07) is 7.26. The first kappa shape index (κ1) is 15.2. The number of hydrogen-bond donors (Lipinski definition) is 0. The maximum atomic E-state index is 13.2. The highest BCUT2D eigenvalue weighted by Crippen LogP contribution is 2.28. The van der Waals surface area contributed by atoms with Gasteiger partial charge in [0.2, 0.25) is 0 Å². The van der Waals surface area contributed by atoms with E-state index in [9.17, 15) is 4.39 Å². The second-order valence-corrected chi connectivity index (χ2v) is 6.40. The fraction of sp³-hybridized carbons (Fsp3) is 0.500. The first-order valence-corrected chi connectivity index (χ1v) is 8.15. The summed E-state index contributed by atoms with van der Waals surface area (Å²) < 4.78 is 15.5. The Morgan fingerprint density at radius 2 is 1.82 bits per heavy atom. The summed E-state index contributed by atoms with van der Waals surface area (Å²) in [5, 5.41) is 0. The van der Waals surface area contributed by atoms with Gasteiger partial charge >= 0.3 is 0 Å². The summed E-state index contributed by atoms with van der Waals surface area (Å²) in [6.07, 6.45) is 6.43. The highest BCUT2D eigenvalue weighted by molar-refractivity contribution is 5.20. The SMILES string of the molecule is CC(C)c1nccn1C[C@@H](c1ccc(F)cc1)N1CCCC1. The van der Waals surface area contributed by atoms with Gasteiger partial charge in [-0.25, -0.2) is 9.37 Å². The quantitative estimate of drug-likeness (QED) is 0.833. The van der Waals surface area contributed by atoms with E-state index < -0.39 is 0 Å². The molecule has 0 aliphatic carbocycles. The molecule has 1 aliphatic rings. The molecule has 4 heteroatoms. The maximum absolute atomic E-state index is 13.2. The lowest BCUT2D eigenvalue weighted by atomic mass is 10.0. The van der Waals surface area contributed by atoms with Crippen molar-refractivity contribution >= 4 is 0 Å². The van der Waals surface area contributed by atoms with E-state index in [0.29, 0.717) is 5.92 Å². The summed E-state index contributed by atoms with van der Waals surface area (Å²) in [5.41, 5.74) is 1.19. The van der Waals surface area contributed by atoms with Crippen LogP contribution in [0.5, 0.6) is 0 Å². The fourth-order valence-corrected chi connectivity index (χ4v) is 3.33. The minimum atomic E-state index is -0.172. The van der Waals surface area contributed by atoms with Crippen molar-refractivity contribution in [3.05, 3.63) is 53.9 Å². The minimum absolute atomic E-state index is 0.172. The summed E-state index contributed by atoms with van der Waals surface area (Å²) in [7, 11) is 0. The Balaban J connectivity index is 1.88. The predicted molar refractivity (Wildman–Crippen MR) is 86.3 cm³/mol. The summed E-state index contributed by atoms with van der Waals surface area (Å²) in [4.78, 5) is 7.00. The molecule has 0 spiro atoms. The van der Waals surface area contributed by atoms with Gasteiger partial charge in [-0.05, 0) is 43.6 Å². The van der Waals surface area contributed by atoms with E-state index in [-0.39, 0.29) is 11.9 Å². The van der Waals surface area contributed by atoms with Crippen LogP contribution in [0.4, 0.5) is 4.39 Å². The third-order valence-corrected chi connectivity index (χ3v) is 4.47. The monoisotopic (exact) mass is 301 g/mol. The number of benzene rings is 1. The Morgan fingerprint density at radius 3 is 2.45 bits per heavy atom. The Bertz CT molecular complexity index is 597. The van der Waals surface area contributed by atoms with Crippen LogP contribution >= 0.6 is 0 Å². The van der Waals surface area contributed by atoms with Crippen LogP contribution in [0.1, 0.15) is 50.0 Å². The van der Waals surface area contributed by atoms with Gasteiger partial charge in [-0.1, -0.05) is 26.0 Å². The zero-order valence-corrected chi connectivity index (χ0v) is 13.4. The molecule has 1 aromatic heterocycles. The van der Waals surface area contributed by atoms with Crippen molar-refractivity contribution in [3.63, 3.8) is 0 Å². The average molecular weight is 301 g/mol. The molecular weight excluding hydrogens is 277 g/mol. The van der Waals surface area contributed by atoms with Crippen molar-refractivity contribution in [1.29, 1.82) is 0 Å². The lowest BCUT2D eigenvalue weighted by Crippen LogP contribution is -2.29. The minimum Gasteiger partial charge on any atom is -0.333 e. The van der Waals surface area contributed by atoms with E-state index >= 15 is 0 Å². The summed E-state index contributed by atoms with van der Waals surface area (Å²) in [5.74, 6) is 1.35. The molecule has 3 nitrogen and oxygen atoms in total. The fourth-order valence-electron chi connectivity index (χ4n) is 3.33. The van der Waals surface area contributed by atoms with Gasteiger partial charge in [-0.3, -0.25) is 4.90 Å². The Morgan fingerprint density at radius 1 is 1.14 bits per heavy atom. The van der Waals surface area contributed by atoms with Crippen LogP contribution in [0, 0.1) is 5.82 Å².